The molecule has 1 aliphatic heterocycles. The summed E-state index contributed by atoms with van der Waals surface area (Å²) in [6.07, 6.45) is 1.91. The number of aromatic nitrogens is 1. The standard InChI is InChI=1S/C17H20FN3OS/c1-20(2)17(22)15-8-5-9-21(15)10-12-11-23-16(19-12)13-6-3-4-7-14(13)18/h3-4,6-7,11,15H,5,8-10H2,1-2H3/t15-/m0/s1. The zero-order valence-electron chi connectivity index (χ0n) is 13.3. The molecule has 1 fully saturated rings. The van der Waals surface area contributed by atoms with Crippen molar-refractivity contribution in [2.24, 2.45) is 0 Å². The number of carbonyl (C=O) groups excluding carboxylic acids is 1. The molecule has 1 aromatic heterocycles. The second-order valence-corrected chi connectivity index (χ2v) is 6.84. The van der Waals surface area contributed by atoms with Crippen LogP contribution in [0.2, 0.25) is 0 Å². The summed E-state index contributed by atoms with van der Waals surface area (Å²) in [4.78, 5) is 20.6. The summed E-state index contributed by atoms with van der Waals surface area (Å²) < 4.78 is 13.9. The summed E-state index contributed by atoms with van der Waals surface area (Å²) >= 11 is 1.44. The van der Waals surface area contributed by atoms with E-state index >= 15 is 0 Å². The second kappa shape index (κ2) is 6.76. The topological polar surface area (TPSA) is 36.4 Å². The van der Waals surface area contributed by atoms with Crippen molar-refractivity contribution in [3.05, 3.63) is 41.2 Å². The third kappa shape index (κ3) is 3.43. The normalized spacial score (nSPS) is 18.3. The van der Waals surface area contributed by atoms with E-state index in [-0.39, 0.29) is 17.8 Å². The molecule has 0 aliphatic carbocycles. The van der Waals surface area contributed by atoms with Gasteiger partial charge in [0, 0.05) is 31.6 Å². The number of amides is 1. The number of hydrogen-bond donors (Lipinski definition) is 0. The quantitative estimate of drug-likeness (QED) is 0.863. The number of carbonyl (C=O) groups is 1. The van der Waals surface area contributed by atoms with Crippen LogP contribution in [0.25, 0.3) is 10.6 Å². The molecular weight excluding hydrogens is 313 g/mol. The molecule has 2 heterocycles. The van der Waals surface area contributed by atoms with Crippen molar-refractivity contribution < 1.29 is 9.18 Å². The summed E-state index contributed by atoms with van der Waals surface area (Å²) in [7, 11) is 3.58. The van der Waals surface area contributed by atoms with E-state index in [9.17, 15) is 9.18 Å². The number of hydrogen-bond acceptors (Lipinski definition) is 4. The van der Waals surface area contributed by atoms with Gasteiger partial charge in [0.05, 0.1) is 11.7 Å². The van der Waals surface area contributed by atoms with Gasteiger partial charge in [0.1, 0.15) is 10.8 Å². The van der Waals surface area contributed by atoms with Crippen LogP contribution in [0.15, 0.2) is 29.6 Å². The summed E-state index contributed by atoms with van der Waals surface area (Å²) in [5.74, 6) is -0.109. The van der Waals surface area contributed by atoms with Gasteiger partial charge >= 0.3 is 0 Å². The van der Waals surface area contributed by atoms with Gasteiger partial charge in [-0.25, -0.2) is 9.37 Å². The highest BCUT2D eigenvalue weighted by Gasteiger charge is 2.32. The Morgan fingerprint density at radius 2 is 2.22 bits per heavy atom. The smallest absolute Gasteiger partial charge is 0.239 e. The Hall–Kier alpha value is -1.79. The van der Waals surface area contributed by atoms with E-state index in [0.29, 0.717) is 17.1 Å². The number of rotatable bonds is 4. The van der Waals surface area contributed by atoms with Crippen LogP contribution < -0.4 is 0 Å². The maximum absolute atomic E-state index is 13.9. The predicted molar refractivity (Wildman–Crippen MR) is 89.6 cm³/mol. The molecule has 0 spiro atoms. The third-order valence-corrected chi connectivity index (χ3v) is 5.03. The van der Waals surface area contributed by atoms with Gasteiger partial charge in [-0.3, -0.25) is 9.69 Å². The lowest BCUT2D eigenvalue weighted by Gasteiger charge is -2.25. The van der Waals surface area contributed by atoms with E-state index < -0.39 is 0 Å². The average molecular weight is 333 g/mol. The lowest BCUT2D eigenvalue weighted by atomic mass is 10.2. The fourth-order valence-electron chi connectivity index (χ4n) is 2.94. The minimum Gasteiger partial charge on any atom is -0.347 e. The number of likely N-dealkylation sites (N-methyl/N-ethyl adjacent to an activating group) is 1. The van der Waals surface area contributed by atoms with E-state index in [1.165, 1.54) is 17.4 Å². The Labute approximate surface area is 139 Å². The van der Waals surface area contributed by atoms with Crippen LogP contribution in [0.1, 0.15) is 18.5 Å². The van der Waals surface area contributed by atoms with E-state index in [1.807, 2.05) is 11.4 Å². The summed E-state index contributed by atoms with van der Waals surface area (Å²) in [5, 5.41) is 2.64. The van der Waals surface area contributed by atoms with Crippen molar-refractivity contribution in [1.82, 2.24) is 14.8 Å². The van der Waals surface area contributed by atoms with Gasteiger partial charge in [0.2, 0.25) is 5.91 Å². The van der Waals surface area contributed by atoms with E-state index in [0.717, 1.165) is 25.1 Å². The Morgan fingerprint density at radius 3 is 2.96 bits per heavy atom. The highest BCUT2D eigenvalue weighted by atomic mass is 32.1. The molecule has 1 aromatic carbocycles. The van der Waals surface area contributed by atoms with Gasteiger partial charge < -0.3 is 4.90 Å². The molecule has 0 bridgehead atoms. The Balaban J connectivity index is 1.74. The summed E-state index contributed by atoms with van der Waals surface area (Å²) in [6, 6.07) is 6.61. The molecule has 23 heavy (non-hydrogen) atoms. The van der Waals surface area contributed by atoms with Crippen molar-refractivity contribution in [2.75, 3.05) is 20.6 Å². The first-order valence-corrected chi connectivity index (χ1v) is 8.58. The van der Waals surface area contributed by atoms with Gasteiger partial charge in [-0.15, -0.1) is 11.3 Å². The minimum atomic E-state index is -0.254. The van der Waals surface area contributed by atoms with Gasteiger partial charge in [0.25, 0.3) is 0 Å². The molecule has 6 heteroatoms. The highest BCUT2D eigenvalue weighted by Crippen LogP contribution is 2.28. The number of nitrogens with zero attached hydrogens (tertiary/aromatic N) is 3. The molecule has 4 nitrogen and oxygen atoms in total. The van der Waals surface area contributed by atoms with E-state index in [2.05, 4.69) is 9.88 Å². The molecule has 1 aliphatic rings. The molecule has 0 unspecified atom stereocenters. The summed E-state index contributed by atoms with van der Waals surface area (Å²) in [6.45, 7) is 1.53. The van der Waals surface area contributed by atoms with Crippen molar-refractivity contribution in [3.8, 4) is 10.6 Å². The first kappa shape index (κ1) is 16.1. The average Bonchev–Trinajstić information content (AvgIpc) is 3.17. The number of halogens is 1. The maximum atomic E-state index is 13.9. The number of thiazole rings is 1. The molecule has 0 radical (unpaired) electrons. The fraction of sp³-hybridized carbons (Fsp3) is 0.412. The Bertz CT molecular complexity index is 701. The first-order chi connectivity index (χ1) is 11.1. The van der Waals surface area contributed by atoms with Crippen molar-refractivity contribution in [1.29, 1.82) is 0 Å². The summed E-state index contributed by atoms with van der Waals surface area (Å²) in [5.41, 5.74) is 1.43. The van der Waals surface area contributed by atoms with Crippen LogP contribution in [-0.2, 0) is 11.3 Å². The SMILES string of the molecule is CN(C)C(=O)[C@@H]1CCCN1Cc1csc(-c2ccccc2F)n1. The van der Waals surface area contributed by atoms with Crippen LogP contribution in [0, 0.1) is 5.82 Å². The molecule has 1 atom stereocenters. The monoisotopic (exact) mass is 333 g/mol. The molecule has 2 aromatic rings. The van der Waals surface area contributed by atoms with Gasteiger partial charge in [-0.05, 0) is 31.5 Å². The number of benzene rings is 1. The predicted octanol–water partition coefficient (Wildman–Crippen LogP) is 3.00. The molecular formula is C17H20FN3OS. The van der Waals surface area contributed by atoms with Crippen molar-refractivity contribution in [3.63, 3.8) is 0 Å². The van der Waals surface area contributed by atoms with Gasteiger partial charge in [-0.1, -0.05) is 12.1 Å². The molecule has 1 saturated heterocycles. The molecule has 3 rings (SSSR count). The Kier molecular flexibility index (Phi) is 4.73. The first-order valence-electron chi connectivity index (χ1n) is 7.71. The molecule has 0 N–H and O–H groups in total. The Morgan fingerprint density at radius 1 is 1.43 bits per heavy atom. The van der Waals surface area contributed by atoms with E-state index in [1.54, 1.807) is 31.1 Å². The van der Waals surface area contributed by atoms with Crippen molar-refractivity contribution in [2.45, 2.75) is 25.4 Å². The van der Waals surface area contributed by atoms with Crippen LogP contribution >= 0.6 is 11.3 Å². The zero-order valence-corrected chi connectivity index (χ0v) is 14.1. The third-order valence-electron chi connectivity index (χ3n) is 4.11. The van der Waals surface area contributed by atoms with Gasteiger partial charge in [-0.2, -0.15) is 0 Å². The lowest BCUT2D eigenvalue weighted by molar-refractivity contribution is -0.133. The fourth-order valence-corrected chi connectivity index (χ4v) is 3.78. The largest absolute Gasteiger partial charge is 0.347 e. The minimum absolute atomic E-state index is 0.0661. The molecule has 0 saturated carbocycles. The molecule has 122 valence electrons. The van der Waals surface area contributed by atoms with E-state index in [4.69, 9.17) is 0 Å². The van der Waals surface area contributed by atoms with Crippen LogP contribution in [0.4, 0.5) is 4.39 Å². The van der Waals surface area contributed by atoms with Crippen LogP contribution in [0.3, 0.4) is 0 Å². The lowest BCUT2D eigenvalue weighted by Crippen LogP contribution is -2.42. The van der Waals surface area contributed by atoms with Crippen LogP contribution in [-0.4, -0.2) is 47.4 Å². The highest BCUT2D eigenvalue weighted by molar-refractivity contribution is 7.13. The maximum Gasteiger partial charge on any atom is 0.239 e. The van der Waals surface area contributed by atoms with Crippen LogP contribution in [0.5, 0.6) is 0 Å². The number of likely N-dealkylation sites (tertiary alicyclic amines) is 1. The van der Waals surface area contributed by atoms with Gasteiger partial charge in [0.15, 0.2) is 0 Å². The zero-order chi connectivity index (χ0) is 16.4. The van der Waals surface area contributed by atoms with Crippen molar-refractivity contribution >= 4 is 17.2 Å². The molecule has 1 amide bonds. The second-order valence-electron chi connectivity index (χ2n) is 5.99.